The third-order valence-corrected chi connectivity index (χ3v) is 2.78. The first-order chi connectivity index (χ1) is 9.72. The molecule has 20 heavy (non-hydrogen) atoms. The highest BCUT2D eigenvalue weighted by molar-refractivity contribution is 6.04. The summed E-state index contributed by atoms with van der Waals surface area (Å²) >= 11 is 0. The van der Waals surface area contributed by atoms with E-state index in [9.17, 15) is 4.79 Å². The highest BCUT2D eigenvalue weighted by atomic mass is 16.3. The Morgan fingerprint density at radius 2 is 1.95 bits per heavy atom. The van der Waals surface area contributed by atoms with Crippen molar-refractivity contribution in [2.45, 2.75) is 13.5 Å². The lowest BCUT2D eigenvalue weighted by atomic mass is 10.2. The summed E-state index contributed by atoms with van der Waals surface area (Å²) in [5, 5.41) is 14.8. The number of rotatable bonds is 5. The molecule has 0 unspecified atom stereocenters. The SMILES string of the molecule is CCNc1ccc(C(=O)Nc2ccc(CO)cc2)cn1. The molecule has 0 radical (unpaired) electrons. The van der Waals surface area contributed by atoms with Gasteiger partial charge in [-0.25, -0.2) is 4.98 Å². The number of aliphatic hydroxyl groups excluding tert-OH is 1. The van der Waals surface area contributed by atoms with Gasteiger partial charge in [-0.3, -0.25) is 4.79 Å². The first kappa shape index (κ1) is 14.0. The van der Waals surface area contributed by atoms with E-state index in [-0.39, 0.29) is 12.5 Å². The van der Waals surface area contributed by atoms with Crippen LogP contribution in [0.3, 0.4) is 0 Å². The van der Waals surface area contributed by atoms with Crippen molar-refractivity contribution in [2.75, 3.05) is 17.2 Å². The van der Waals surface area contributed by atoms with Crippen LogP contribution in [0, 0.1) is 0 Å². The van der Waals surface area contributed by atoms with Gasteiger partial charge in [-0.15, -0.1) is 0 Å². The zero-order valence-corrected chi connectivity index (χ0v) is 11.3. The topological polar surface area (TPSA) is 74.2 Å². The van der Waals surface area contributed by atoms with Crippen LogP contribution in [0.25, 0.3) is 0 Å². The maximum Gasteiger partial charge on any atom is 0.257 e. The van der Waals surface area contributed by atoms with Gasteiger partial charge in [-0.05, 0) is 36.8 Å². The number of nitrogens with one attached hydrogen (secondary N) is 2. The first-order valence-corrected chi connectivity index (χ1v) is 6.44. The third-order valence-electron chi connectivity index (χ3n) is 2.78. The molecule has 0 aliphatic carbocycles. The Kier molecular flexibility index (Phi) is 4.68. The fraction of sp³-hybridized carbons (Fsp3) is 0.200. The number of carbonyl (C=O) groups excluding carboxylic acids is 1. The Morgan fingerprint density at radius 1 is 1.20 bits per heavy atom. The highest BCUT2D eigenvalue weighted by Gasteiger charge is 2.06. The maximum absolute atomic E-state index is 12.0. The Hall–Kier alpha value is -2.40. The smallest absolute Gasteiger partial charge is 0.257 e. The molecule has 0 fully saturated rings. The van der Waals surface area contributed by atoms with E-state index in [0.717, 1.165) is 17.9 Å². The van der Waals surface area contributed by atoms with Gasteiger partial charge >= 0.3 is 0 Å². The molecule has 0 aliphatic rings. The molecule has 5 heteroatoms. The summed E-state index contributed by atoms with van der Waals surface area (Å²) in [6, 6.07) is 10.5. The second kappa shape index (κ2) is 6.68. The van der Waals surface area contributed by atoms with Crippen molar-refractivity contribution < 1.29 is 9.90 Å². The molecule has 104 valence electrons. The molecule has 2 rings (SSSR count). The number of hydrogen-bond acceptors (Lipinski definition) is 4. The Bertz CT molecular complexity index is 565. The minimum atomic E-state index is -0.211. The van der Waals surface area contributed by atoms with Crippen LogP contribution < -0.4 is 10.6 Å². The molecule has 1 aromatic carbocycles. The van der Waals surface area contributed by atoms with Crippen LogP contribution in [-0.4, -0.2) is 22.5 Å². The molecule has 0 bridgehead atoms. The number of benzene rings is 1. The van der Waals surface area contributed by atoms with Crippen molar-refractivity contribution in [3.63, 3.8) is 0 Å². The monoisotopic (exact) mass is 271 g/mol. The molecule has 2 aromatic rings. The van der Waals surface area contributed by atoms with Gasteiger partial charge in [0.25, 0.3) is 5.91 Å². The van der Waals surface area contributed by atoms with Gasteiger partial charge in [-0.2, -0.15) is 0 Å². The molecule has 1 aromatic heterocycles. The summed E-state index contributed by atoms with van der Waals surface area (Å²) < 4.78 is 0. The van der Waals surface area contributed by atoms with Crippen LogP contribution in [-0.2, 0) is 6.61 Å². The molecule has 0 atom stereocenters. The van der Waals surface area contributed by atoms with Gasteiger partial charge in [0.05, 0.1) is 12.2 Å². The van der Waals surface area contributed by atoms with Crippen molar-refractivity contribution in [3.05, 3.63) is 53.7 Å². The van der Waals surface area contributed by atoms with Crippen LogP contribution in [0.1, 0.15) is 22.8 Å². The van der Waals surface area contributed by atoms with E-state index in [2.05, 4.69) is 15.6 Å². The van der Waals surface area contributed by atoms with E-state index in [1.807, 2.05) is 6.92 Å². The molecule has 3 N–H and O–H groups in total. The normalized spacial score (nSPS) is 10.1. The van der Waals surface area contributed by atoms with Crippen molar-refractivity contribution in [3.8, 4) is 0 Å². The molecule has 5 nitrogen and oxygen atoms in total. The fourth-order valence-electron chi connectivity index (χ4n) is 1.71. The minimum absolute atomic E-state index is 0.00988. The number of pyridine rings is 1. The number of aromatic nitrogens is 1. The predicted molar refractivity (Wildman–Crippen MR) is 78.7 cm³/mol. The lowest BCUT2D eigenvalue weighted by Gasteiger charge is -2.07. The molecule has 0 saturated carbocycles. The van der Waals surface area contributed by atoms with E-state index in [0.29, 0.717) is 11.3 Å². The van der Waals surface area contributed by atoms with Gasteiger partial charge in [0.2, 0.25) is 0 Å². The zero-order valence-electron chi connectivity index (χ0n) is 11.3. The summed E-state index contributed by atoms with van der Waals surface area (Å²) in [7, 11) is 0. The van der Waals surface area contributed by atoms with Crippen LogP contribution in [0.15, 0.2) is 42.6 Å². The highest BCUT2D eigenvalue weighted by Crippen LogP contribution is 2.12. The number of amides is 1. The van der Waals surface area contributed by atoms with Crippen molar-refractivity contribution in [2.24, 2.45) is 0 Å². The Labute approximate surface area is 117 Å². The van der Waals surface area contributed by atoms with Gasteiger partial charge in [0.1, 0.15) is 5.82 Å². The van der Waals surface area contributed by atoms with Gasteiger partial charge in [-0.1, -0.05) is 12.1 Å². The van der Waals surface area contributed by atoms with Crippen molar-refractivity contribution in [1.29, 1.82) is 0 Å². The standard InChI is InChI=1S/C15H17N3O2/c1-2-16-14-8-5-12(9-17-14)15(20)18-13-6-3-11(10-19)4-7-13/h3-9,19H,2,10H2,1H3,(H,16,17)(H,18,20). The van der Waals surface area contributed by atoms with Crippen LogP contribution in [0.4, 0.5) is 11.5 Å². The third kappa shape index (κ3) is 3.55. The summed E-state index contributed by atoms with van der Waals surface area (Å²) in [6.45, 7) is 2.76. The van der Waals surface area contributed by atoms with Gasteiger partial charge < -0.3 is 15.7 Å². The van der Waals surface area contributed by atoms with E-state index in [1.54, 1.807) is 36.4 Å². The lowest BCUT2D eigenvalue weighted by molar-refractivity contribution is 0.102. The Morgan fingerprint density at radius 3 is 2.50 bits per heavy atom. The van der Waals surface area contributed by atoms with E-state index in [4.69, 9.17) is 5.11 Å². The molecular formula is C15H17N3O2. The molecule has 0 aliphatic heterocycles. The molecule has 0 spiro atoms. The Balaban J connectivity index is 2.03. The van der Waals surface area contributed by atoms with Crippen LogP contribution >= 0.6 is 0 Å². The van der Waals surface area contributed by atoms with Crippen molar-refractivity contribution >= 4 is 17.4 Å². The summed E-state index contributed by atoms with van der Waals surface area (Å²) in [5.41, 5.74) is 1.99. The van der Waals surface area contributed by atoms with E-state index in [1.165, 1.54) is 6.20 Å². The molecular weight excluding hydrogens is 254 g/mol. The minimum Gasteiger partial charge on any atom is -0.392 e. The summed E-state index contributed by atoms with van der Waals surface area (Å²) in [4.78, 5) is 16.2. The van der Waals surface area contributed by atoms with Gasteiger partial charge in [0, 0.05) is 18.4 Å². The average molecular weight is 271 g/mol. The van der Waals surface area contributed by atoms with Crippen LogP contribution in [0.5, 0.6) is 0 Å². The summed E-state index contributed by atoms with van der Waals surface area (Å²) in [6.07, 6.45) is 1.54. The largest absolute Gasteiger partial charge is 0.392 e. The zero-order chi connectivity index (χ0) is 14.4. The fourth-order valence-corrected chi connectivity index (χ4v) is 1.71. The number of aliphatic hydroxyl groups is 1. The average Bonchev–Trinajstić information content (AvgIpc) is 2.49. The summed E-state index contributed by atoms with van der Waals surface area (Å²) in [5.74, 6) is 0.536. The van der Waals surface area contributed by atoms with Gasteiger partial charge in [0.15, 0.2) is 0 Å². The van der Waals surface area contributed by atoms with Crippen molar-refractivity contribution in [1.82, 2.24) is 4.98 Å². The van der Waals surface area contributed by atoms with E-state index < -0.39 is 0 Å². The second-order valence-corrected chi connectivity index (χ2v) is 4.27. The number of carbonyl (C=O) groups is 1. The lowest BCUT2D eigenvalue weighted by Crippen LogP contribution is -2.12. The molecule has 1 heterocycles. The molecule has 1 amide bonds. The number of nitrogens with zero attached hydrogens (tertiary/aromatic N) is 1. The quantitative estimate of drug-likeness (QED) is 0.779. The van der Waals surface area contributed by atoms with Crippen LogP contribution in [0.2, 0.25) is 0 Å². The number of hydrogen-bond donors (Lipinski definition) is 3. The first-order valence-electron chi connectivity index (χ1n) is 6.44. The number of anilines is 2. The maximum atomic E-state index is 12.0. The molecule has 0 saturated heterocycles. The predicted octanol–water partition coefficient (Wildman–Crippen LogP) is 2.26. The second-order valence-electron chi connectivity index (χ2n) is 4.27. The van der Waals surface area contributed by atoms with E-state index >= 15 is 0 Å².